The molecule has 7 heteroatoms. The molecular weight excluding hydrogens is 721 g/mol. The highest BCUT2D eigenvalue weighted by Crippen LogP contribution is 2.19. The molecule has 0 radical (unpaired) electrons. The van der Waals surface area contributed by atoms with E-state index in [4.69, 9.17) is 10.5 Å². The topological polar surface area (TPSA) is 119 Å². The summed E-state index contributed by atoms with van der Waals surface area (Å²) in [6.45, 7) is 4.96. The molecule has 0 heterocycles. The van der Waals surface area contributed by atoms with Crippen molar-refractivity contribution in [3.8, 4) is 0 Å². The van der Waals surface area contributed by atoms with Crippen molar-refractivity contribution in [3.63, 3.8) is 0 Å². The van der Waals surface area contributed by atoms with Crippen LogP contribution in [0.1, 0.15) is 264 Å². The van der Waals surface area contributed by atoms with Crippen LogP contribution in [-0.2, 0) is 19.1 Å². The molecular formula is C51H96N2O5. The highest BCUT2D eigenvalue weighted by atomic mass is 16.5. The molecule has 0 bridgehead atoms. The Morgan fingerprint density at radius 3 is 1.40 bits per heavy atom. The fraction of sp³-hybridized carbons (Fsp3) is 0.863. The number of esters is 1. The summed E-state index contributed by atoms with van der Waals surface area (Å²) in [6, 6.07) is -0.860. The van der Waals surface area contributed by atoms with Crippen LogP contribution in [0.15, 0.2) is 24.3 Å². The zero-order valence-corrected chi connectivity index (χ0v) is 38.4. The normalized spacial score (nSPS) is 12.7. The molecule has 0 fully saturated rings. The molecule has 58 heavy (non-hydrogen) atoms. The third kappa shape index (κ3) is 42.0. The van der Waals surface area contributed by atoms with Gasteiger partial charge in [0, 0.05) is 12.8 Å². The first-order valence-electron chi connectivity index (χ1n) is 25.2. The lowest BCUT2D eigenvalue weighted by atomic mass is 10.0. The lowest BCUT2D eigenvalue weighted by molar-refractivity contribution is -0.150. The van der Waals surface area contributed by atoms with Gasteiger partial charge in [-0.25, -0.2) is 4.79 Å². The van der Waals surface area contributed by atoms with Gasteiger partial charge in [0.2, 0.25) is 5.91 Å². The zero-order chi connectivity index (χ0) is 42.4. The van der Waals surface area contributed by atoms with Crippen LogP contribution in [0.5, 0.6) is 0 Å². The average molecular weight is 817 g/mol. The van der Waals surface area contributed by atoms with Crippen molar-refractivity contribution in [3.05, 3.63) is 24.3 Å². The second-order valence-electron chi connectivity index (χ2n) is 17.2. The van der Waals surface area contributed by atoms with Crippen molar-refractivity contribution >= 4 is 17.8 Å². The van der Waals surface area contributed by atoms with Gasteiger partial charge in [-0.15, -0.1) is 0 Å². The Morgan fingerprint density at radius 1 is 0.500 bits per heavy atom. The van der Waals surface area contributed by atoms with Crippen LogP contribution >= 0.6 is 0 Å². The molecule has 0 aromatic heterocycles. The number of hydrogen-bond donors (Lipinski definition) is 3. The summed E-state index contributed by atoms with van der Waals surface area (Å²) in [5, 5.41) is 12.0. The van der Waals surface area contributed by atoms with Crippen molar-refractivity contribution in [2.75, 3.05) is 6.54 Å². The van der Waals surface area contributed by atoms with Crippen LogP contribution in [0, 0.1) is 0 Å². The summed E-state index contributed by atoms with van der Waals surface area (Å²) >= 11 is 0. The van der Waals surface area contributed by atoms with Gasteiger partial charge >= 0.3 is 11.9 Å². The Kier molecular flexibility index (Phi) is 44.2. The lowest BCUT2D eigenvalue weighted by Crippen LogP contribution is -2.40. The van der Waals surface area contributed by atoms with Gasteiger partial charge in [-0.2, -0.15) is 0 Å². The lowest BCUT2D eigenvalue weighted by Gasteiger charge is -2.18. The SMILES string of the molecule is CCCCCCC/C=C\C/C=C\CCCC(CCCCCCCC(=O)NC(CCCN)C(=O)O)OC(=O)CCCCCCCCCCCCCCCCCCCCC. The minimum Gasteiger partial charge on any atom is -0.480 e. The van der Waals surface area contributed by atoms with Crippen molar-refractivity contribution in [2.24, 2.45) is 5.73 Å². The summed E-state index contributed by atoms with van der Waals surface area (Å²) in [4.78, 5) is 36.5. The highest BCUT2D eigenvalue weighted by molar-refractivity contribution is 5.83. The smallest absolute Gasteiger partial charge is 0.326 e. The molecule has 0 rings (SSSR count). The van der Waals surface area contributed by atoms with Gasteiger partial charge < -0.3 is 20.9 Å². The van der Waals surface area contributed by atoms with E-state index in [0.29, 0.717) is 32.2 Å². The van der Waals surface area contributed by atoms with E-state index in [1.807, 2.05) is 0 Å². The fourth-order valence-corrected chi connectivity index (χ4v) is 7.72. The molecule has 0 aliphatic rings. The number of unbranched alkanes of at least 4 members (excludes halogenated alkanes) is 28. The minimum atomic E-state index is -1.00. The first-order valence-corrected chi connectivity index (χ1v) is 25.2. The predicted molar refractivity (Wildman–Crippen MR) is 248 cm³/mol. The molecule has 0 aliphatic heterocycles. The fourth-order valence-electron chi connectivity index (χ4n) is 7.72. The number of ether oxygens (including phenoxy) is 1. The van der Waals surface area contributed by atoms with Crippen LogP contribution in [0.3, 0.4) is 0 Å². The number of carbonyl (C=O) groups is 3. The monoisotopic (exact) mass is 817 g/mol. The van der Waals surface area contributed by atoms with E-state index in [2.05, 4.69) is 43.5 Å². The summed E-state index contributed by atoms with van der Waals surface area (Å²) in [6.07, 6.45) is 53.8. The van der Waals surface area contributed by atoms with Gasteiger partial charge in [-0.1, -0.05) is 199 Å². The number of rotatable bonds is 46. The first kappa shape index (κ1) is 55.9. The van der Waals surface area contributed by atoms with Crippen molar-refractivity contribution in [1.82, 2.24) is 5.32 Å². The molecule has 0 aliphatic carbocycles. The Hall–Kier alpha value is -2.15. The number of carboxylic acids is 1. The van der Waals surface area contributed by atoms with Crippen LogP contribution in [0.25, 0.3) is 0 Å². The number of aliphatic carboxylic acids is 1. The zero-order valence-electron chi connectivity index (χ0n) is 38.4. The molecule has 0 saturated heterocycles. The maximum Gasteiger partial charge on any atom is 0.326 e. The minimum absolute atomic E-state index is 0.0268. The summed E-state index contributed by atoms with van der Waals surface area (Å²) in [5.41, 5.74) is 5.50. The quantitative estimate of drug-likeness (QED) is 0.0320. The molecule has 7 nitrogen and oxygen atoms in total. The summed E-state index contributed by atoms with van der Waals surface area (Å²) < 4.78 is 6.06. The van der Waals surface area contributed by atoms with Gasteiger partial charge in [-0.3, -0.25) is 9.59 Å². The van der Waals surface area contributed by atoms with E-state index in [-0.39, 0.29) is 18.0 Å². The van der Waals surface area contributed by atoms with Crippen LogP contribution in [-0.4, -0.2) is 41.6 Å². The number of allylic oxidation sites excluding steroid dienone is 4. The summed E-state index contributed by atoms with van der Waals surface area (Å²) in [7, 11) is 0. The van der Waals surface area contributed by atoms with E-state index < -0.39 is 12.0 Å². The molecule has 4 N–H and O–H groups in total. The Morgan fingerprint density at radius 2 is 0.914 bits per heavy atom. The number of carboxylic acid groups (broad SMARTS) is 1. The van der Waals surface area contributed by atoms with Crippen molar-refractivity contribution in [1.29, 1.82) is 0 Å². The van der Waals surface area contributed by atoms with Crippen LogP contribution < -0.4 is 11.1 Å². The maximum absolute atomic E-state index is 12.9. The van der Waals surface area contributed by atoms with Gasteiger partial charge in [0.25, 0.3) is 0 Å². The largest absolute Gasteiger partial charge is 0.480 e. The van der Waals surface area contributed by atoms with Gasteiger partial charge in [-0.05, 0) is 83.6 Å². The number of amides is 1. The van der Waals surface area contributed by atoms with Crippen LogP contribution in [0.2, 0.25) is 0 Å². The van der Waals surface area contributed by atoms with E-state index in [1.165, 1.54) is 148 Å². The molecule has 0 saturated carbocycles. The standard InChI is InChI=1S/C51H96N2O5/c1-3-5-7-9-11-13-15-17-18-19-20-21-22-24-26-28-30-35-39-45-50(55)58-47(41-36-32-29-27-25-23-16-14-12-10-8-6-4-2)42-37-33-31-34-38-44-49(54)53-48(51(56)57)43-40-46-52/h16,23,27,29,47-48H,3-15,17-22,24-26,28,30-46,52H2,1-2H3,(H,53,54)(H,56,57)/b23-16-,29-27-. The van der Waals surface area contributed by atoms with Crippen molar-refractivity contribution < 1.29 is 24.2 Å². The molecule has 0 spiro atoms. The molecule has 0 aromatic carbocycles. The Bertz CT molecular complexity index is 967. The molecule has 340 valence electrons. The van der Waals surface area contributed by atoms with E-state index >= 15 is 0 Å². The van der Waals surface area contributed by atoms with Gasteiger partial charge in [0.1, 0.15) is 12.1 Å². The third-order valence-electron chi connectivity index (χ3n) is 11.5. The highest BCUT2D eigenvalue weighted by Gasteiger charge is 2.19. The number of carbonyl (C=O) groups excluding carboxylic acids is 2. The molecule has 1 amide bonds. The molecule has 2 atom stereocenters. The van der Waals surface area contributed by atoms with Crippen LogP contribution in [0.4, 0.5) is 0 Å². The molecule has 2 unspecified atom stereocenters. The summed E-state index contributed by atoms with van der Waals surface area (Å²) in [5.74, 6) is -1.25. The maximum atomic E-state index is 12.9. The number of hydrogen-bond acceptors (Lipinski definition) is 5. The van der Waals surface area contributed by atoms with E-state index in [0.717, 1.165) is 77.0 Å². The number of nitrogens with one attached hydrogen (secondary N) is 1. The average Bonchev–Trinajstić information content (AvgIpc) is 3.21. The van der Waals surface area contributed by atoms with Gasteiger partial charge in [0.05, 0.1) is 0 Å². The van der Waals surface area contributed by atoms with E-state index in [1.54, 1.807) is 0 Å². The van der Waals surface area contributed by atoms with E-state index in [9.17, 15) is 19.5 Å². The van der Waals surface area contributed by atoms with Gasteiger partial charge in [0.15, 0.2) is 0 Å². The number of nitrogens with two attached hydrogens (primary N) is 1. The molecule has 0 aromatic rings. The van der Waals surface area contributed by atoms with Crippen molar-refractivity contribution in [2.45, 2.75) is 276 Å². The second kappa shape index (κ2) is 45.9. The Labute approximate surface area is 359 Å². The predicted octanol–water partition coefficient (Wildman–Crippen LogP) is 14.8. The Balaban J connectivity index is 4.27. The third-order valence-corrected chi connectivity index (χ3v) is 11.5. The second-order valence-corrected chi connectivity index (χ2v) is 17.2. The first-order chi connectivity index (χ1) is 28.4.